The fraction of sp³-hybridized carbons (Fsp3) is 0.0556. The molecule has 1 heterocycles. The molecule has 3 aromatic rings. The molecule has 1 unspecified atom stereocenters. The van der Waals surface area contributed by atoms with E-state index < -0.39 is 23.7 Å². The predicted molar refractivity (Wildman–Crippen MR) is 90.3 cm³/mol. The molecule has 0 saturated carbocycles. The van der Waals surface area contributed by atoms with Gasteiger partial charge in [0.25, 0.3) is 11.8 Å². The summed E-state index contributed by atoms with van der Waals surface area (Å²) in [5, 5.41) is 11.7. The third-order valence-electron chi connectivity index (χ3n) is 3.52. The molecule has 0 bridgehead atoms. The number of aromatic nitrogens is 2. The summed E-state index contributed by atoms with van der Waals surface area (Å²) in [5.74, 6) is -1.11. The van der Waals surface area contributed by atoms with Gasteiger partial charge in [0.2, 0.25) is 0 Å². The Morgan fingerprint density at radius 2 is 1.84 bits per heavy atom. The summed E-state index contributed by atoms with van der Waals surface area (Å²) < 4.78 is 13.3. The van der Waals surface area contributed by atoms with Crippen molar-refractivity contribution >= 4 is 17.6 Å². The lowest BCUT2D eigenvalue weighted by Crippen LogP contribution is -2.37. The van der Waals surface area contributed by atoms with Gasteiger partial charge in [-0.05, 0) is 23.8 Å². The van der Waals surface area contributed by atoms with E-state index in [4.69, 9.17) is 0 Å². The molecule has 0 spiro atoms. The van der Waals surface area contributed by atoms with Crippen LogP contribution in [0.5, 0.6) is 0 Å². The number of anilines is 1. The van der Waals surface area contributed by atoms with Crippen LogP contribution in [0.4, 0.5) is 10.2 Å². The smallest absolute Gasteiger partial charge is 0.252 e. The van der Waals surface area contributed by atoms with Gasteiger partial charge < -0.3 is 10.6 Å². The van der Waals surface area contributed by atoms with Crippen molar-refractivity contribution in [1.29, 1.82) is 0 Å². The number of amides is 2. The molecule has 3 rings (SSSR count). The number of carbonyl (C=O) groups is 2. The normalized spacial score (nSPS) is 11.6. The standard InChI is InChI=1S/C18H15FN4O2/c19-14-8-4-7-13(11-14)17(24)22-16(12-5-2-1-3-6-12)18(25)21-15-9-10-20-23-15/h1-11,16H,(H,22,24)(H2,20,21,23,25). The van der Waals surface area contributed by atoms with Crippen LogP contribution in [0.25, 0.3) is 0 Å². The van der Waals surface area contributed by atoms with Gasteiger partial charge in [0, 0.05) is 11.6 Å². The summed E-state index contributed by atoms with van der Waals surface area (Å²) in [6.45, 7) is 0. The second-order valence-electron chi connectivity index (χ2n) is 5.29. The van der Waals surface area contributed by atoms with Crippen LogP contribution in [0.2, 0.25) is 0 Å². The number of aromatic amines is 1. The van der Waals surface area contributed by atoms with Gasteiger partial charge in [-0.15, -0.1) is 0 Å². The van der Waals surface area contributed by atoms with Gasteiger partial charge in [0.05, 0.1) is 6.20 Å². The van der Waals surface area contributed by atoms with Gasteiger partial charge in [-0.3, -0.25) is 14.7 Å². The van der Waals surface area contributed by atoms with Crippen molar-refractivity contribution in [2.45, 2.75) is 6.04 Å². The first-order chi connectivity index (χ1) is 12.1. The minimum atomic E-state index is -0.944. The fourth-order valence-corrected chi connectivity index (χ4v) is 2.32. The van der Waals surface area contributed by atoms with E-state index in [2.05, 4.69) is 20.8 Å². The monoisotopic (exact) mass is 338 g/mol. The first kappa shape index (κ1) is 16.4. The van der Waals surface area contributed by atoms with E-state index in [0.29, 0.717) is 11.4 Å². The summed E-state index contributed by atoms with van der Waals surface area (Å²) in [6, 6.07) is 14.7. The van der Waals surface area contributed by atoms with Gasteiger partial charge in [-0.1, -0.05) is 36.4 Å². The summed E-state index contributed by atoms with van der Waals surface area (Å²) >= 11 is 0. The van der Waals surface area contributed by atoms with Crippen molar-refractivity contribution in [3.63, 3.8) is 0 Å². The van der Waals surface area contributed by atoms with Crippen LogP contribution in [-0.4, -0.2) is 22.0 Å². The van der Waals surface area contributed by atoms with Crippen LogP contribution in [0.1, 0.15) is 22.0 Å². The first-order valence-electron chi connectivity index (χ1n) is 7.55. The summed E-state index contributed by atoms with van der Waals surface area (Å²) in [7, 11) is 0. The molecule has 6 nitrogen and oxygen atoms in total. The molecule has 126 valence electrons. The average molecular weight is 338 g/mol. The molecule has 3 N–H and O–H groups in total. The minimum Gasteiger partial charge on any atom is -0.336 e. The van der Waals surface area contributed by atoms with E-state index in [0.717, 1.165) is 6.07 Å². The van der Waals surface area contributed by atoms with Crippen LogP contribution in [0.15, 0.2) is 66.9 Å². The van der Waals surface area contributed by atoms with E-state index in [1.54, 1.807) is 30.3 Å². The maximum atomic E-state index is 13.3. The topological polar surface area (TPSA) is 86.9 Å². The Labute approximate surface area is 143 Å². The number of benzene rings is 2. The van der Waals surface area contributed by atoms with Crippen LogP contribution < -0.4 is 10.6 Å². The fourth-order valence-electron chi connectivity index (χ4n) is 2.32. The SMILES string of the molecule is O=C(NC(C(=O)Nc1ccn[nH]1)c1ccccc1)c1cccc(F)c1. The van der Waals surface area contributed by atoms with E-state index in [-0.39, 0.29) is 5.56 Å². The maximum absolute atomic E-state index is 13.3. The third kappa shape index (κ3) is 4.08. The zero-order valence-corrected chi connectivity index (χ0v) is 13.1. The zero-order chi connectivity index (χ0) is 17.6. The van der Waals surface area contributed by atoms with Gasteiger partial charge in [0.15, 0.2) is 0 Å². The number of hydrogen-bond acceptors (Lipinski definition) is 3. The van der Waals surface area contributed by atoms with E-state index >= 15 is 0 Å². The largest absolute Gasteiger partial charge is 0.336 e. The highest BCUT2D eigenvalue weighted by molar-refractivity contribution is 6.01. The van der Waals surface area contributed by atoms with Crippen molar-refractivity contribution < 1.29 is 14.0 Å². The maximum Gasteiger partial charge on any atom is 0.252 e. The Morgan fingerprint density at radius 3 is 2.52 bits per heavy atom. The highest BCUT2D eigenvalue weighted by atomic mass is 19.1. The minimum absolute atomic E-state index is 0.135. The lowest BCUT2D eigenvalue weighted by Gasteiger charge is -2.18. The summed E-state index contributed by atoms with van der Waals surface area (Å²) in [6.07, 6.45) is 1.50. The van der Waals surface area contributed by atoms with Crippen molar-refractivity contribution in [3.8, 4) is 0 Å². The molecule has 2 amide bonds. The summed E-state index contributed by atoms with van der Waals surface area (Å²) in [4.78, 5) is 25.0. The zero-order valence-electron chi connectivity index (χ0n) is 13.1. The second kappa shape index (κ2) is 7.39. The van der Waals surface area contributed by atoms with Crippen molar-refractivity contribution in [1.82, 2.24) is 15.5 Å². The number of H-pyrrole nitrogens is 1. The Kier molecular flexibility index (Phi) is 4.84. The highest BCUT2D eigenvalue weighted by Gasteiger charge is 2.23. The first-order valence-corrected chi connectivity index (χ1v) is 7.55. The molecule has 1 aromatic heterocycles. The number of halogens is 1. The molecule has 0 aliphatic rings. The molecule has 0 aliphatic heterocycles. The molecule has 2 aromatic carbocycles. The third-order valence-corrected chi connectivity index (χ3v) is 3.52. The van der Waals surface area contributed by atoms with E-state index in [9.17, 15) is 14.0 Å². The summed E-state index contributed by atoms with van der Waals surface area (Å²) in [5.41, 5.74) is 0.736. The molecule has 0 saturated heterocycles. The number of hydrogen-bond donors (Lipinski definition) is 3. The van der Waals surface area contributed by atoms with Gasteiger partial charge >= 0.3 is 0 Å². The van der Waals surface area contributed by atoms with E-state index in [1.807, 2.05) is 6.07 Å². The molecule has 0 aliphatic carbocycles. The molecule has 25 heavy (non-hydrogen) atoms. The van der Waals surface area contributed by atoms with Crippen LogP contribution in [0.3, 0.4) is 0 Å². The number of nitrogens with zero attached hydrogens (tertiary/aromatic N) is 1. The van der Waals surface area contributed by atoms with Gasteiger partial charge in [-0.25, -0.2) is 4.39 Å². The van der Waals surface area contributed by atoms with Crippen molar-refractivity contribution in [3.05, 3.63) is 83.8 Å². The Morgan fingerprint density at radius 1 is 1.04 bits per heavy atom. The molecular weight excluding hydrogens is 323 g/mol. The molecular formula is C18H15FN4O2. The van der Waals surface area contributed by atoms with Gasteiger partial charge in [0.1, 0.15) is 17.7 Å². The van der Waals surface area contributed by atoms with E-state index in [1.165, 1.54) is 24.4 Å². The molecule has 1 atom stereocenters. The van der Waals surface area contributed by atoms with Crippen LogP contribution >= 0.6 is 0 Å². The van der Waals surface area contributed by atoms with Crippen molar-refractivity contribution in [2.24, 2.45) is 0 Å². The van der Waals surface area contributed by atoms with Crippen LogP contribution in [-0.2, 0) is 4.79 Å². The second-order valence-corrected chi connectivity index (χ2v) is 5.29. The number of nitrogens with one attached hydrogen (secondary N) is 3. The quantitative estimate of drug-likeness (QED) is 0.668. The number of rotatable bonds is 5. The van der Waals surface area contributed by atoms with Gasteiger partial charge in [-0.2, -0.15) is 5.10 Å². The highest BCUT2D eigenvalue weighted by Crippen LogP contribution is 2.16. The predicted octanol–water partition coefficient (Wildman–Crippen LogP) is 2.66. The Bertz CT molecular complexity index is 866. The van der Waals surface area contributed by atoms with Crippen molar-refractivity contribution in [2.75, 3.05) is 5.32 Å². The molecule has 0 fully saturated rings. The average Bonchev–Trinajstić information content (AvgIpc) is 3.13. The Balaban J connectivity index is 1.83. The molecule has 0 radical (unpaired) electrons. The lowest BCUT2D eigenvalue weighted by molar-refractivity contribution is -0.118. The molecule has 7 heteroatoms. The van der Waals surface area contributed by atoms with Crippen LogP contribution in [0, 0.1) is 5.82 Å². The lowest BCUT2D eigenvalue weighted by atomic mass is 10.1. The Hall–Kier alpha value is -3.48. The number of carbonyl (C=O) groups excluding carboxylic acids is 2.